The Balaban J connectivity index is 1.47. The molecule has 3 aromatic carbocycles. The highest BCUT2D eigenvalue weighted by Crippen LogP contribution is 2.33. The molecular formula is C27H23FN2O4. The molecule has 0 bridgehead atoms. The highest BCUT2D eigenvalue weighted by molar-refractivity contribution is 6.03. The Morgan fingerprint density at radius 2 is 1.82 bits per heavy atom. The number of carbonyl (C=O) groups is 2. The Hall–Kier alpha value is -4.26. The molecule has 1 heterocycles. The summed E-state index contributed by atoms with van der Waals surface area (Å²) >= 11 is 0. The van der Waals surface area contributed by atoms with Crippen LogP contribution in [0, 0.1) is 5.82 Å². The minimum Gasteiger partial charge on any atom is -0.497 e. The molecule has 1 atom stereocenters. The minimum absolute atomic E-state index is 0.338. The predicted molar refractivity (Wildman–Crippen MR) is 127 cm³/mol. The molecule has 0 unspecified atom stereocenters. The molecule has 0 radical (unpaired) electrons. The Morgan fingerprint density at radius 3 is 2.53 bits per heavy atom. The van der Waals surface area contributed by atoms with Crippen LogP contribution in [0.2, 0.25) is 0 Å². The van der Waals surface area contributed by atoms with Crippen molar-refractivity contribution in [2.75, 3.05) is 13.7 Å². The maximum Gasteiger partial charge on any atom is 0.331 e. The van der Waals surface area contributed by atoms with Gasteiger partial charge in [-0.2, -0.15) is 5.10 Å². The zero-order chi connectivity index (χ0) is 23.9. The molecule has 34 heavy (non-hydrogen) atoms. The molecule has 7 heteroatoms. The molecule has 6 nitrogen and oxygen atoms in total. The number of hydrazone groups is 1. The van der Waals surface area contributed by atoms with Crippen LogP contribution in [0.25, 0.3) is 6.08 Å². The Kier molecular flexibility index (Phi) is 7.13. The molecule has 0 saturated carbocycles. The van der Waals surface area contributed by atoms with Gasteiger partial charge in [0.1, 0.15) is 11.6 Å². The fraction of sp³-hybridized carbons (Fsp3) is 0.148. The topological polar surface area (TPSA) is 68.2 Å². The molecule has 1 aliphatic rings. The van der Waals surface area contributed by atoms with Crippen LogP contribution in [0.1, 0.15) is 29.2 Å². The van der Waals surface area contributed by atoms with E-state index in [4.69, 9.17) is 9.47 Å². The average Bonchev–Trinajstić information content (AvgIpc) is 3.32. The van der Waals surface area contributed by atoms with Gasteiger partial charge < -0.3 is 9.47 Å². The fourth-order valence-electron chi connectivity index (χ4n) is 3.65. The Morgan fingerprint density at radius 1 is 1.06 bits per heavy atom. The van der Waals surface area contributed by atoms with E-state index >= 15 is 0 Å². The number of nitrogens with zero attached hydrogens (tertiary/aromatic N) is 2. The number of carbonyl (C=O) groups excluding carboxylic acids is 2. The van der Waals surface area contributed by atoms with E-state index in [1.807, 2.05) is 54.6 Å². The molecule has 1 aliphatic heterocycles. The third-order valence-electron chi connectivity index (χ3n) is 5.37. The van der Waals surface area contributed by atoms with Crippen LogP contribution in [0.4, 0.5) is 4.39 Å². The van der Waals surface area contributed by atoms with Crippen LogP contribution in [0.5, 0.6) is 5.75 Å². The molecule has 4 rings (SSSR count). The second kappa shape index (κ2) is 10.6. The molecule has 1 amide bonds. The van der Waals surface area contributed by atoms with Crippen LogP contribution in [-0.2, 0) is 14.3 Å². The average molecular weight is 458 g/mol. The van der Waals surface area contributed by atoms with Gasteiger partial charge in [0.15, 0.2) is 6.61 Å². The number of rotatable bonds is 7. The van der Waals surface area contributed by atoms with E-state index in [1.165, 1.54) is 23.2 Å². The van der Waals surface area contributed by atoms with Gasteiger partial charge in [-0.1, -0.05) is 54.6 Å². The monoisotopic (exact) mass is 458 g/mol. The lowest BCUT2D eigenvalue weighted by Gasteiger charge is -2.22. The van der Waals surface area contributed by atoms with Crippen LogP contribution in [-0.4, -0.2) is 36.3 Å². The number of amides is 1. The summed E-state index contributed by atoms with van der Waals surface area (Å²) in [5, 5.41) is 5.93. The van der Waals surface area contributed by atoms with Crippen molar-refractivity contribution < 1.29 is 23.5 Å². The van der Waals surface area contributed by atoms with Gasteiger partial charge in [0.25, 0.3) is 5.91 Å². The molecule has 3 aromatic rings. The Labute approximate surface area is 196 Å². The van der Waals surface area contributed by atoms with Gasteiger partial charge in [-0.3, -0.25) is 4.79 Å². The van der Waals surface area contributed by atoms with Crippen molar-refractivity contribution in [3.8, 4) is 5.75 Å². The summed E-state index contributed by atoms with van der Waals surface area (Å²) in [4.78, 5) is 25.1. The summed E-state index contributed by atoms with van der Waals surface area (Å²) in [6.07, 6.45) is 3.11. The third kappa shape index (κ3) is 5.56. The van der Waals surface area contributed by atoms with Crippen molar-refractivity contribution in [3.63, 3.8) is 0 Å². The van der Waals surface area contributed by atoms with Crippen molar-refractivity contribution >= 4 is 23.7 Å². The molecule has 0 aliphatic carbocycles. The number of benzene rings is 3. The van der Waals surface area contributed by atoms with Crippen LogP contribution < -0.4 is 4.74 Å². The van der Waals surface area contributed by atoms with Crippen LogP contribution in [0.3, 0.4) is 0 Å². The zero-order valence-electron chi connectivity index (χ0n) is 18.6. The number of ether oxygens (including phenoxy) is 2. The molecule has 0 saturated heterocycles. The smallest absolute Gasteiger partial charge is 0.331 e. The molecule has 0 fully saturated rings. The number of esters is 1. The van der Waals surface area contributed by atoms with Crippen molar-refractivity contribution in [1.82, 2.24) is 5.01 Å². The Bertz CT molecular complexity index is 1220. The van der Waals surface area contributed by atoms with E-state index in [2.05, 4.69) is 5.10 Å². The lowest BCUT2D eigenvalue weighted by molar-refractivity contribution is -0.149. The maximum atomic E-state index is 13.3. The minimum atomic E-state index is -0.704. The van der Waals surface area contributed by atoms with Gasteiger partial charge in [0.2, 0.25) is 0 Å². The van der Waals surface area contributed by atoms with Crippen LogP contribution >= 0.6 is 0 Å². The predicted octanol–water partition coefficient (Wildman–Crippen LogP) is 4.77. The number of halogens is 1. The van der Waals surface area contributed by atoms with Crippen LogP contribution in [0.15, 0.2) is 90.0 Å². The normalized spacial score (nSPS) is 15.3. The summed E-state index contributed by atoms with van der Waals surface area (Å²) in [6.45, 7) is -0.468. The molecule has 0 aromatic heterocycles. The summed E-state index contributed by atoms with van der Waals surface area (Å²) in [5.74, 6) is -0.844. The fourth-order valence-corrected chi connectivity index (χ4v) is 3.65. The first-order chi connectivity index (χ1) is 16.5. The first-order valence-corrected chi connectivity index (χ1v) is 10.7. The summed E-state index contributed by atoms with van der Waals surface area (Å²) < 4.78 is 23.6. The van der Waals surface area contributed by atoms with Crippen molar-refractivity contribution in [1.29, 1.82) is 0 Å². The summed E-state index contributed by atoms with van der Waals surface area (Å²) in [6, 6.07) is 22.5. The second-order valence-corrected chi connectivity index (χ2v) is 7.64. The highest BCUT2D eigenvalue weighted by Gasteiger charge is 2.33. The van der Waals surface area contributed by atoms with Crippen molar-refractivity contribution in [2.45, 2.75) is 12.5 Å². The first-order valence-electron chi connectivity index (χ1n) is 10.7. The van der Waals surface area contributed by atoms with Gasteiger partial charge in [0.05, 0.1) is 18.9 Å². The van der Waals surface area contributed by atoms with E-state index in [0.29, 0.717) is 17.7 Å². The van der Waals surface area contributed by atoms with Gasteiger partial charge in [-0.15, -0.1) is 0 Å². The maximum absolute atomic E-state index is 13.3. The highest BCUT2D eigenvalue weighted by atomic mass is 19.1. The standard InChI is InChI=1S/C27H23FN2O4/c1-33-23-13-11-21(12-14-23)25-17-24(20-7-3-2-4-8-20)29-30(25)26(31)18-34-27(32)15-10-19-6-5-9-22(28)16-19/h2-16,25H,17-18H2,1H3/b15-10-/t25-/m0/s1. The molecule has 0 spiro atoms. The lowest BCUT2D eigenvalue weighted by Crippen LogP contribution is -2.31. The SMILES string of the molecule is COc1ccc([C@@H]2CC(c3ccccc3)=NN2C(=O)COC(=O)/C=C\c2cccc(F)c2)cc1. The first kappa shape index (κ1) is 22.9. The summed E-state index contributed by atoms with van der Waals surface area (Å²) in [7, 11) is 1.59. The lowest BCUT2D eigenvalue weighted by atomic mass is 9.98. The van der Waals surface area contributed by atoms with E-state index in [9.17, 15) is 14.0 Å². The largest absolute Gasteiger partial charge is 0.497 e. The number of hydrogen-bond acceptors (Lipinski definition) is 5. The van der Waals surface area contributed by atoms with E-state index < -0.39 is 24.3 Å². The van der Waals surface area contributed by atoms with E-state index in [0.717, 1.165) is 22.9 Å². The third-order valence-corrected chi connectivity index (χ3v) is 5.37. The summed E-state index contributed by atoms with van der Waals surface area (Å²) in [5.41, 5.74) is 3.10. The quantitative estimate of drug-likeness (QED) is 0.378. The van der Waals surface area contributed by atoms with E-state index in [1.54, 1.807) is 19.2 Å². The van der Waals surface area contributed by atoms with Gasteiger partial charge in [-0.05, 0) is 47.0 Å². The van der Waals surface area contributed by atoms with E-state index in [-0.39, 0.29) is 6.04 Å². The zero-order valence-corrected chi connectivity index (χ0v) is 18.6. The second-order valence-electron chi connectivity index (χ2n) is 7.64. The molecule has 172 valence electrons. The number of methoxy groups -OCH3 is 1. The van der Waals surface area contributed by atoms with Crippen molar-refractivity contribution in [3.05, 3.63) is 107 Å². The molecular weight excluding hydrogens is 435 g/mol. The van der Waals surface area contributed by atoms with Gasteiger partial charge in [-0.25, -0.2) is 14.2 Å². The molecule has 0 N–H and O–H groups in total. The van der Waals surface area contributed by atoms with Gasteiger partial charge in [0, 0.05) is 12.5 Å². The van der Waals surface area contributed by atoms with Crippen molar-refractivity contribution in [2.24, 2.45) is 5.10 Å². The van der Waals surface area contributed by atoms with Gasteiger partial charge >= 0.3 is 5.97 Å². The number of hydrogen-bond donors (Lipinski definition) is 0.